The maximum atomic E-state index is 13.7. The van der Waals surface area contributed by atoms with Gasteiger partial charge in [0.25, 0.3) is 0 Å². The monoisotopic (exact) mass is 328 g/mol. The Balaban J connectivity index is 1.97. The number of nitrogens with one attached hydrogen (secondary N) is 2. The zero-order valence-corrected chi connectivity index (χ0v) is 12.7. The minimum absolute atomic E-state index is 0.0323. The summed E-state index contributed by atoms with van der Waals surface area (Å²) in [5.41, 5.74) is -0.144. The van der Waals surface area contributed by atoms with Crippen LogP contribution in [0.3, 0.4) is 0 Å². The van der Waals surface area contributed by atoms with Gasteiger partial charge in [0.15, 0.2) is 5.82 Å². The molecule has 2 rings (SSSR count). The molecule has 1 aliphatic carbocycles. The van der Waals surface area contributed by atoms with Crippen LogP contribution in [0.1, 0.15) is 25.7 Å². The summed E-state index contributed by atoms with van der Waals surface area (Å²) in [5.74, 6) is -2.63. The minimum atomic E-state index is -0.955. The average Bonchev–Trinajstić information content (AvgIpc) is 2.52. The molecule has 0 aromatic heterocycles. The smallest absolute Gasteiger partial charge is 0.313 e. The van der Waals surface area contributed by atoms with E-state index in [0.717, 1.165) is 25.7 Å². The predicted octanol–water partition coefficient (Wildman–Crippen LogP) is 2.08. The number of benzene rings is 1. The number of hydrogen-bond donors (Lipinski definition) is 3. The number of anilines is 1. The van der Waals surface area contributed by atoms with Crippen molar-refractivity contribution in [2.45, 2.75) is 31.7 Å². The van der Waals surface area contributed by atoms with Crippen LogP contribution in [0.15, 0.2) is 18.2 Å². The zero-order valence-electron chi connectivity index (χ0n) is 11.9. The highest BCUT2D eigenvalue weighted by atomic mass is 35.5. The van der Waals surface area contributed by atoms with Gasteiger partial charge in [0, 0.05) is 18.6 Å². The zero-order chi connectivity index (χ0) is 16.1. The van der Waals surface area contributed by atoms with E-state index in [2.05, 4.69) is 10.6 Å². The Hall–Kier alpha value is -1.66. The van der Waals surface area contributed by atoms with Crippen molar-refractivity contribution in [1.29, 1.82) is 0 Å². The second-order valence-corrected chi connectivity index (χ2v) is 5.77. The SMILES string of the molecule is O=C(Nc1cccc(Cl)c1F)C(=O)NC1CCCCC1CO. The number of halogens is 2. The van der Waals surface area contributed by atoms with Gasteiger partial charge in [-0.3, -0.25) is 9.59 Å². The Labute approximate surface area is 132 Å². The topological polar surface area (TPSA) is 78.4 Å². The Kier molecular flexibility index (Phi) is 5.74. The van der Waals surface area contributed by atoms with Gasteiger partial charge in [-0.1, -0.05) is 30.5 Å². The van der Waals surface area contributed by atoms with Crippen LogP contribution < -0.4 is 10.6 Å². The average molecular weight is 329 g/mol. The molecule has 0 bridgehead atoms. The first-order valence-corrected chi connectivity index (χ1v) is 7.57. The molecule has 1 saturated carbocycles. The second-order valence-electron chi connectivity index (χ2n) is 5.36. The van der Waals surface area contributed by atoms with Gasteiger partial charge >= 0.3 is 11.8 Å². The van der Waals surface area contributed by atoms with E-state index < -0.39 is 17.6 Å². The summed E-state index contributed by atoms with van der Waals surface area (Å²) >= 11 is 5.62. The van der Waals surface area contributed by atoms with E-state index in [1.54, 1.807) is 0 Å². The van der Waals surface area contributed by atoms with Crippen molar-refractivity contribution in [2.24, 2.45) is 5.92 Å². The molecule has 7 heteroatoms. The molecule has 1 fully saturated rings. The van der Waals surface area contributed by atoms with Crippen molar-refractivity contribution < 1.29 is 19.1 Å². The number of carbonyl (C=O) groups is 2. The number of hydrogen-bond acceptors (Lipinski definition) is 3. The van der Waals surface area contributed by atoms with Crippen LogP contribution in [0.5, 0.6) is 0 Å². The third-order valence-electron chi connectivity index (χ3n) is 3.87. The fraction of sp³-hybridized carbons (Fsp3) is 0.467. The molecule has 5 nitrogen and oxygen atoms in total. The molecule has 2 atom stereocenters. The molecular weight excluding hydrogens is 311 g/mol. The first kappa shape index (κ1) is 16.7. The number of amides is 2. The maximum absolute atomic E-state index is 13.7. The normalized spacial score (nSPS) is 21.2. The highest BCUT2D eigenvalue weighted by molar-refractivity contribution is 6.40. The van der Waals surface area contributed by atoms with Crippen molar-refractivity contribution in [3.63, 3.8) is 0 Å². The summed E-state index contributed by atoms with van der Waals surface area (Å²) in [5, 5.41) is 14.0. The van der Waals surface area contributed by atoms with Crippen LogP contribution >= 0.6 is 11.6 Å². The highest BCUT2D eigenvalue weighted by Gasteiger charge is 2.28. The van der Waals surface area contributed by atoms with Gasteiger partial charge in [-0.05, 0) is 25.0 Å². The molecule has 0 saturated heterocycles. The largest absolute Gasteiger partial charge is 0.396 e. The van der Waals surface area contributed by atoms with E-state index in [1.807, 2.05) is 0 Å². The van der Waals surface area contributed by atoms with Crippen molar-refractivity contribution in [2.75, 3.05) is 11.9 Å². The fourth-order valence-corrected chi connectivity index (χ4v) is 2.80. The number of carbonyl (C=O) groups excluding carboxylic acids is 2. The Morgan fingerprint density at radius 2 is 2.00 bits per heavy atom. The molecule has 0 aliphatic heterocycles. The van der Waals surface area contributed by atoms with Crippen LogP contribution in [0.2, 0.25) is 5.02 Å². The van der Waals surface area contributed by atoms with Crippen molar-refractivity contribution >= 4 is 29.1 Å². The lowest BCUT2D eigenvalue weighted by Crippen LogP contribution is -2.47. The van der Waals surface area contributed by atoms with E-state index in [1.165, 1.54) is 18.2 Å². The summed E-state index contributed by atoms with van der Waals surface area (Å²) in [6.07, 6.45) is 3.46. The number of aliphatic hydroxyl groups is 1. The Morgan fingerprint density at radius 1 is 1.27 bits per heavy atom. The molecule has 0 radical (unpaired) electrons. The predicted molar refractivity (Wildman–Crippen MR) is 81.0 cm³/mol. The van der Waals surface area contributed by atoms with E-state index in [0.29, 0.717) is 0 Å². The van der Waals surface area contributed by atoms with Crippen molar-refractivity contribution in [1.82, 2.24) is 5.32 Å². The quantitative estimate of drug-likeness (QED) is 0.743. The van der Waals surface area contributed by atoms with E-state index in [4.69, 9.17) is 11.6 Å². The molecule has 0 heterocycles. The lowest BCUT2D eigenvalue weighted by Gasteiger charge is -2.30. The van der Waals surface area contributed by atoms with Gasteiger partial charge in [0.05, 0.1) is 10.7 Å². The van der Waals surface area contributed by atoms with Gasteiger partial charge in [-0.2, -0.15) is 0 Å². The van der Waals surface area contributed by atoms with Crippen LogP contribution in [0.4, 0.5) is 10.1 Å². The molecule has 1 aromatic rings. The van der Waals surface area contributed by atoms with Crippen LogP contribution in [-0.2, 0) is 9.59 Å². The molecule has 1 aromatic carbocycles. The summed E-state index contributed by atoms with van der Waals surface area (Å²) in [6, 6.07) is 3.91. The van der Waals surface area contributed by atoms with Crippen LogP contribution in [-0.4, -0.2) is 29.6 Å². The molecule has 2 unspecified atom stereocenters. The van der Waals surface area contributed by atoms with Gasteiger partial charge in [0.2, 0.25) is 0 Å². The molecular formula is C15H18ClFN2O3. The lowest BCUT2D eigenvalue weighted by atomic mass is 9.85. The number of aliphatic hydroxyl groups excluding tert-OH is 1. The van der Waals surface area contributed by atoms with E-state index in [9.17, 15) is 19.1 Å². The molecule has 2 amide bonds. The second kappa shape index (κ2) is 7.56. The minimum Gasteiger partial charge on any atom is -0.396 e. The van der Waals surface area contributed by atoms with Crippen LogP contribution in [0.25, 0.3) is 0 Å². The third kappa shape index (κ3) is 3.96. The number of rotatable bonds is 3. The van der Waals surface area contributed by atoms with Gasteiger partial charge in [-0.15, -0.1) is 0 Å². The van der Waals surface area contributed by atoms with Crippen molar-refractivity contribution in [3.05, 3.63) is 29.0 Å². The van der Waals surface area contributed by atoms with Crippen molar-refractivity contribution in [3.8, 4) is 0 Å². The fourth-order valence-electron chi connectivity index (χ4n) is 2.63. The molecule has 120 valence electrons. The summed E-state index contributed by atoms with van der Waals surface area (Å²) in [6.45, 7) is -0.0323. The van der Waals surface area contributed by atoms with Gasteiger partial charge < -0.3 is 15.7 Å². The highest BCUT2D eigenvalue weighted by Crippen LogP contribution is 2.24. The maximum Gasteiger partial charge on any atom is 0.313 e. The standard InChI is InChI=1S/C15H18ClFN2O3/c16-10-5-3-7-12(13(10)17)19-15(22)14(21)18-11-6-2-1-4-9(11)8-20/h3,5,7,9,11,20H,1-2,4,6,8H2,(H,18,21)(H,19,22). The lowest BCUT2D eigenvalue weighted by molar-refractivity contribution is -0.137. The first-order chi connectivity index (χ1) is 10.5. The van der Waals surface area contributed by atoms with E-state index in [-0.39, 0.29) is 29.3 Å². The van der Waals surface area contributed by atoms with Gasteiger partial charge in [0.1, 0.15) is 0 Å². The van der Waals surface area contributed by atoms with E-state index >= 15 is 0 Å². The molecule has 1 aliphatic rings. The summed E-state index contributed by atoms with van der Waals surface area (Å²) < 4.78 is 13.7. The third-order valence-corrected chi connectivity index (χ3v) is 4.16. The molecule has 3 N–H and O–H groups in total. The Bertz CT molecular complexity index is 568. The molecule has 22 heavy (non-hydrogen) atoms. The molecule has 0 spiro atoms. The first-order valence-electron chi connectivity index (χ1n) is 7.19. The summed E-state index contributed by atoms with van der Waals surface area (Å²) in [4.78, 5) is 23.8. The summed E-state index contributed by atoms with van der Waals surface area (Å²) in [7, 11) is 0. The van der Waals surface area contributed by atoms with Gasteiger partial charge in [-0.25, -0.2) is 4.39 Å². The van der Waals surface area contributed by atoms with Crippen LogP contribution in [0, 0.1) is 11.7 Å². The Morgan fingerprint density at radius 3 is 2.73 bits per heavy atom.